The van der Waals surface area contributed by atoms with Crippen molar-refractivity contribution in [3.63, 3.8) is 0 Å². The summed E-state index contributed by atoms with van der Waals surface area (Å²) in [5.74, 6) is 0.477. The van der Waals surface area contributed by atoms with Crippen LogP contribution >= 0.6 is 0 Å². The summed E-state index contributed by atoms with van der Waals surface area (Å²) < 4.78 is 0. The minimum Gasteiger partial charge on any atom is -0.341 e. The maximum atomic E-state index is 8.45. The zero-order chi connectivity index (χ0) is 13.0. The molecule has 1 N–H and O–H groups in total. The summed E-state index contributed by atoms with van der Waals surface area (Å²) in [6.45, 7) is 4.36. The Morgan fingerprint density at radius 1 is 1.22 bits per heavy atom. The maximum absolute atomic E-state index is 8.45. The molecule has 2 aromatic rings. The number of rotatable bonds is 3. The van der Waals surface area contributed by atoms with Crippen LogP contribution in [-0.4, -0.2) is 16.5 Å². The van der Waals surface area contributed by atoms with Gasteiger partial charge in [0.05, 0.1) is 6.07 Å². The van der Waals surface area contributed by atoms with E-state index in [0.717, 1.165) is 11.1 Å². The number of aryl methyl sites for hydroxylation is 2. The van der Waals surface area contributed by atoms with E-state index in [1.807, 2.05) is 6.07 Å². The van der Waals surface area contributed by atoms with Crippen LogP contribution in [0.3, 0.4) is 0 Å². The Balaban J connectivity index is 2.26. The Labute approximate surface area is 106 Å². The molecule has 4 nitrogen and oxygen atoms in total. The lowest BCUT2D eigenvalue weighted by Crippen LogP contribution is -2.02. The van der Waals surface area contributed by atoms with Crippen molar-refractivity contribution in [3.8, 4) is 17.2 Å². The predicted molar refractivity (Wildman–Crippen MR) is 71.0 cm³/mol. The summed E-state index contributed by atoms with van der Waals surface area (Å²) in [7, 11) is 0. The number of hydrogen-bond donors (Lipinski definition) is 1. The first-order chi connectivity index (χ1) is 8.70. The largest absolute Gasteiger partial charge is 0.341 e. The number of anilines is 1. The maximum Gasteiger partial charge on any atom is 0.223 e. The van der Waals surface area contributed by atoms with Crippen LogP contribution in [0.15, 0.2) is 30.6 Å². The summed E-state index contributed by atoms with van der Waals surface area (Å²) in [6.07, 6.45) is 3.54. The molecule has 18 heavy (non-hydrogen) atoms. The Morgan fingerprint density at radius 3 is 2.56 bits per heavy atom. The van der Waals surface area contributed by atoms with Gasteiger partial charge in [-0.1, -0.05) is 23.8 Å². The minimum atomic E-state index is 0.211. The van der Waals surface area contributed by atoms with E-state index < -0.39 is 0 Å². The lowest BCUT2D eigenvalue weighted by atomic mass is 10.0. The summed E-state index contributed by atoms with van der Waals surface area (Å²) in [5.41, 5.74) is 4.56. The van der Waals surface area contributed by atoms with Gasteiger partial charge in [-0.15, -0.1) is 0 Å². The highest BCUT2D eigenvalue weighted by molar-refractivity contribution is 5.66. The number of nitrogens with zero attached hydrogens (tertiary/aromatic N) is 3. The molecule has 0 radical (unpaired) electrons. The van der Waals surface area contributed by atoms with Crippen LogP contribution in [0.5, 0.6) is 0 Å². The standard InChI is InChI=1S/C14H14N4/c1-10-3-4-13(11(2)7-10)12-8-17-14(18-9-12)16-6-5-15/h3-4,7-9H,6H2,1-2H3,(H,16,17,18). The van der Waals surface area contributed by atoms with Crippen molar-refractivity contribution in [2.45, 2.75) is 13.8 Å². The van der Waals surface area contributed by atoms with Gasteiger partial charge in [0.2, 0.25) is 5.95 Å². The summed E-state index contributed by atoms with van der Waals surface area (Å²) in [6, 6.07) is 8.27. The van der Waals surface area contributed by atoms with E-state index >= 15 is 0 Å². The van der Waals surface area contributed by atoms with Gasteiger partial charge < -0.3 is 5.32 Å². The molecular formula is C14H14N4. The Kier molecular flexibility index (Phi) is 3.54. The molecule has 0 aliphatic heterocycles. The number of hydrogen-bond acceptors (Lipinski definition) is 4. The Bertz CT molecular complexity index is 582. The first-order valence-electron chi connectivity index (χ1n) is 5.71. The van der Waals surface area contributed by atoms with Gasteiger partial charge in [0.1, 0.15) is 6.54 Å². The van der Waals surface area contributed by atoms with E-state index in [0.29, 0.717) is 5.95 Å². The van der Waals surface area contributed by atoms with Gasteiger partial charge in [-0.25, -0.2) is 9.97 Å². The molecule has 0 fully saturated rings. The van der Waals surface area contributed by atoms with Crippen LogP contribution in [-0.2, 0) is 0 Å². The van der Waals surface area contributed by atoms with Gasteiger partial charge in [-0.05, 0) is 25.0 Å². The van der Waals surface area contributed by atoms with Crippen molar-refractivity contribution in [3.05, 3.63) is 41.7 Å². The molecule has 0 unspecified atom stereocenters. The first-order valence-corrected chi connectivity index (χ1v) is 5.71. The van der Waals surface area contributed by atoms with E-state index in [1.54, 1.807) is 12.4 Å². The second kappa shape index (κ2) is 5.28. The molecule has 1 heterocycles. The van der Waals surface area contributed by atoms with Crippen LogP contribution in [0.4, 0.5) is 5.95 Å². The highest BCUT2D eigenvalue weighted by atomic mass is 15.1. The van der Waals surface area contributed by atoms with Crippen molar-refractivity contribution in [1.82, 2.24) is 9.97 Å². The van der Waals surface area contributed by atoms with Gasteiger partial charge >= 0.3 is 0 Å². The van der Waals surface area contributed by atoms with Crippen LogP contribution in [0.25, 0.3) is 11.1 Å². The molecule has 0 aliphatic carbocycles. The van der Waals surface area contributed by atoms with Crippen LogP contribution in [0, 0.1) is 25.2 Å². The van der Waals surface area contributed by atoms with E-state index in [2.05, 4.69) is 47.3 Å². The second-order valence-electron chi connectivity index (χ2n) is 4.13. The van der Waals surface area contributed by atoms with Gasteiger partial charge in [0, 0.05) is 18.0 Å². The summed E-state index contributed by atoms with van der Waals surface area (Å²) in [5, 5.41) is 11.3. The zero-order valence-electron chi connectivity index (χ0n) is 10.4. The molecule has 0 atom stereocenters. The predicted octanol–water partition coefficient (Wildman–Crippen LogP) is 2.70. The van der Waals surface area contributed by atoms with Gasteiger partial charge in [0.15, 0.2) is 0 Å². The van der Waals surface area contributed by atoms with Crippen LogP contribution < -0.4 is 5.32 Å². The van der Waals surface area contributed by atoms with E-state index in [9.17, 15) is 0 Å². The highest BCUT2D eigenvalue weighted by Crippen LogP contribution is 2.23. The molecule has 0 saturated carbocycles. The average Bonchev–Trinajstić information content (AvgIpc) is 2.37. The number of nitrogens with one attached hydrogen (secondary N) is 1. The fourth-order valence-electron chi connectivity index (χ4n) is 1.81. The van der Waals surface area contributed by atoms with Crippen molar-refractivity contribution >= 4 is 5.95 Å². The van der Waals surface area contributed by atoms with E-state index in [1.165, 1.54) is 11.1 Å². The molecule has 0 bridgehead atoms. The molecule has 1 aromatic carbocycles. The fourth-order valence-corrected chi connectivity index (χ4v) is 1.81. The summed E-state index contributed by atoms with van der Waals surface area (Å²) in [4.78, 5) is 8.37. The van der Waals surface area contributed by atoms with Crippen molar-refractivity contribution in [2.75, 3.05) is 11.9 Å². The summed E-state index contributed by atoms with van der Waals surface area (Å²) >= 11 is 0. The molecule has 0 amide bonds. The molecular weight excluding hydrogens is 224 g/mol. The fraction of sp³-hybridized carbons (Fsp3) is 0.214. The van der Waals surface area contributed by atoms with Crippen LogP contribution in [0.2, 0.25) is 0 Å². The Hall–Kier alpha value is -2.41. The lowest BCUT2D eigenvalue weighted by molar-refractivity contribution is 1.12. The minimum absolute atomic E-state index is 0.211. The SMILES string of the molecule is Cc1ccc(-c2cnc(NCC#N)nc2)c(C)c1. The number of aromatic nitrogens is 2. The second-order valence-corrected chi connectivity index (χ2v) is 4.13. The number of nitriles is 1. The molecule has 4 heteroatoms. The third-order valence-corrected chi connectivity index (χ3v) is 2.67. The van der Waals surface area contributed by atoms with E-state index in [-0.39, 0.29) is 6.54 Å². The molecule has 0 saturated heterocycles. The smallest absolute Gasteiger partial charge is 0.223 e. The molecule has 90 valence electrons. The normalized spacial score (nSPS) is 9.83. The monoisotopic (exact) mass is 238 g/mol. The van der Waals surface area contributed by atoms with Crippen molar-refractivity contribution in [2.24, 2.45) is 0 Å². The molecule has 2 rings (SSSR count). The topological polar surface area (TPSA) is 61.6 Å². The first kappa shape index (κ1) is 12.1. The average molecular weight is 238 g/mol. The Morgan fingerprint density at radius 2 is 1.94 bits per heavy atom. The lowest BCUT2D eigenvalue weighted by Gasteiger charge is -2.07. The van der Waals surface area contributed by atoms with Crippen LogP contribution in [0.1, 0.15) is 11.1 Å². The third kappa shape index (κ3) is 2.64. The quantitative estimate of drug-likeness (QED) is 0.835. The van der Waals surface area contributed by atoms with Crippen molar-refractivity contribution < 1.29 is 0 Å². The zero-order valence-corrected chi connectivity index (χ0v) is 10.4. The van der Waals surface area contributed by atoms with E-state index in [4.69, 9.17) is 5.26 Å². The highest BCUT2D eigenvalue weighted by Gasteiger charge is 2.03. The molecule has 0 spiro atoms. The number of benzene rings is 1. The molecule has 1 aromatic heterocycles. The third-order valence-electron chi connectivity index (χ3n) is 2.67. The van der Waals surface area contributed by atoms with Gasteiger partial charge in [0.25, 0.3) is 0 Å². The molecule has 0 aliphatic rings. The van der Waals surface area contributed by atoms with Crippen molar-refractivity contribution in [1.29, 1.82) is 5.26 Å². The van der Waals surface area contributed by atoms with Gasteiger partial charge in [-0.2, -0.15) is 5.26 Å². The van der Waals surface area contributed by atoms with Gasteiger partial charge in [-0.3, -0.25) is 0 Å².